The van der Waals surface area contributed by atoms with Gasteiger partial charge in [0, 0.05) is 33.8 Å². The molecular formula is C22H14ClN3O5. The number of nitrogens with zero attached hydrogens (tertiary/aromatic N) is 1. The Morgan fingerprint density at radius 1 is 0.871 bits per heavy atom. The van der Waals surface area contributed by atoms with Crippen molar-refractivity contribution in [3.05, 3.63) is 99.3 Å². The molecule has 0 spiro atoms. The number of non-ortho nitro benzene ring substituents is 1. The topological polar surface area (TPSA) is 114 Å². The minimum atomic E-state index is -0.558. The highest BCUT2D eigenvalue weighted by molar-refractivity contribution is 6.30. The summed E-state index contributed by atoms with van der Waals surface area (Å²) in [5, 5.41) is 17.3. The van der Waals surface area contributed by atoms with Crippen LogP contribution in [-0.2, 0) is 0 Å². The van der Waals surface area contributed by atoms with E-state index in [1.165, 1.54) is 24.3 Å². The van der Waals surface area contributed by atoms with E-state index in [1.807, 2.05) is 0 Å². The summed E-state index contributed by atoms with van der Waals surface area (Å²) < 4.78 is 5.70. The van der Waals surface area contributed by atoms with E-state index in [1.54, 1.807) is 48.5 Å². The number of fused-ring (bicyclic) bond motifs is 1. The number of hydrogen-bond donors (Lipinski definition) is 2. The van der Waals surface area contributed by atoms with Crippen molar-refractivity contribution < 1.29 is 18.9 Å². The fourth-order valence-electron chi connectivity index (χ4n) is 2.97. The average Bonchev–Trinajstić information content (AvgIpc) is 3.14. The molecule has 2 N–H and O–H groups in total. The first kappa shape index (κ1) is 20.1. The van der Waals surface area contributed by atoms with E-state index < -0.39 is 16.7 Å². The SMILES string of the molecule is O=C(Nc1c(C(=O)Nc2ccc(Cl)cc2)oc2ccccc12)c1ccc([N+](=O)[O-])cc1. The lowest BCUT2D eigenvalue weighted by molar-refractivity contribution is -0.384. The summed E-state index contributed by atoms with van der Waals surface area (Å²) in [5.41, 5.74) is 1.18. The van der Waals surface area contributed by atoms with Crippen molar-refractivity contribution in [2.45, 2.75) is 0 Å². The quantitative estimate of drug-likeness (QED) is 0.317. The van der Waals surface area contributed by atoms with Gasteiger partial charge >= 0.3 is 0 Å². The van der Waals surface area contributed by atoms with E-state index in [0.717, 1.165) is 0 Å². The van der Waals surface area contributed by atoms with Crippen LogP contribution in [0.1, 0.15) is 20.9 Å². The summed E-state index contributed by atoms with van der Waals surface area (Å²) in [6.45, 7) is 0. The highest BCUT2D eigenvalue weighted by Crippen LogP contribution is 2.32. The van der Waals surface area contributed by atoms with E-state index in [4.69, 9.17) is 16.0 Å². The van der Waals surface area contributed by atoms with Crippen molar-refractivity contribution in [1.82, 2.24) is 0 Å². The van der Waals surface area contributed by atoms with Crippen molar-refractivity contribution in [3.8, 4) is 0 Å². The monoisotopic (exact) mass is 435 g/mol. The maximum absolute atomic E-state index is 12.9. The first-order valence-corrected chi connectivity index (χ1v) is 9.44. The molecule has 8 nitrogen and oxygen atoms in total. The molecule has 0 saturated heterocycles. The molecule has 0 aliphatic heterocycles. The van der Waals surface area contributed by atoms with Gasteiger partial charge in [0.1, 0.15) is 11.3 Å². The number of halogens is 1. The number of nitrogens with one attached hydrogen (secondary N) is 2. The highest BCUT2D eigenvalue weighted by atomic mass is 35.5. The predicted octanol–water partition coefficient (Wildman–Crippen LogP) is 5.50. The van der Waals surface area contributed by atoms with E-state index >= 15 is 0 Å². The number of anilines is 2. The maximum atomic E-state index is 12.9. The van der Waals surface area contributed by atoms with Gasteiger partial charge < -0.3 is 15.1 Å². The fourth-order valence-corrected chi connectivity index (χ4v) is 3.10. The first-order chi connectivity index (χ1) is 14.9. The van der Waals surface area contributed by atoms with Crippen LogP contribution >= 0.6 is 11.6 Å². The van der Waals surface area contributed by atoms with Crippen LogP contribution < -0.4 is 10.6 Å². The van der Waals surface area contributed by atoms with Crippen LogP contribution in [0.5, 0.6) is 0 Å². The fraction of sp³-hybridized carbons (Fsp3) is 0. The maximum Gasteiger partial charge on any atom is 0.293 e. The molecule has 154 valence electrons. The number of rotatable bonds is 5. The Morgan fingerprint density at radius 2 is 1.55 bits per heavy atom. The largest absolute Gasteiger partial charge is 0.449 e. The number of amides is 2. The Morgan fingerprint density at radius 3 is 2.23 bits per heavy atom. The van der Waals surface area contributed by atoms with Crippen molar-refractivity contribution >= 4 is 51.4 Å². The molecule has 0 bridgehead atoms. The third-order valence-electron chi connectivity index (χ3n) is 4.48. The van der Waals surface area contributed by atoms with Crippen LogP contribution in [0.15, 0.2) is 77.2 Å². The van der Waals surface area contributed by atoms with Gasteiger partial charge in [-0.1, -0.05) is 23.7 Å². The van der Waals surface area contributed by atoms with Crippen LogP contribution in [0.4, 0.5) is 17.1 Å². The lowest BCUT2D eigenvalue weighted by Crippen LogP contribution is -2.17. The van der Waals surface area contributed by atoms with Gasteiger partial charge in [-0.05, 0) is 48.5 Å². The minimum absolute atomic E-state index is 0.0774. The summed E-state index contributed by atoms with van der Waals surface area (Å²) in [6.07, 6.45) is 0. The van der Waals surface area contributed by atoms with Crippen molar-refractivity contribution in [3.63, 3.8) is 0 Å². The van der Waals surface area contributed by atoms with Crippen molar-refractivity contribution in [2.75, 3.05) is 10.6 Å². The smallest absolute Gasteiger partial charge is 0.293 e. The zero-order valence-electron chi connectivity index (χ0n) is 15.8. The van der Waals surface area contributed by atoms with E-state index in [0.29, 0.717) is 21.7 Å². The second kappa shape index (κ2) is 8.29. The molecule has 0 aliphatic carbocycles. The number of hydrogen-bond acceptors (Lipinski definition) is 5. The second-order valence-corrected chi connectivity index (χ2v) is 6.96. The van der Waals surface area contributed by atoms with E-state index in [9.17, 15) is 19.7 Å². The molecule has 3 aromatic carbocycles. The Bertz CT molecular complexity index is 1300. The molecule has 1 heterocycles. The molecule has 0 atom stereocenters. The molecule has 4 aromatic rings. The molecule has 9 heteroatoms. The third-order valence-corrected chi connectivity index (χ3v) is 4.73. The van der Waals surface area contributed by atoms with Gasteiger partial charge in [-0.15, -0.1) is 0 Å². The number of benzene rings is 3. The van der Waals surface area contributed by atoms with E-state index in [2.05, 4.69) is 10.6 Å². The lowest BCUT2D eigenvalue weighted by Gasteiger charge is -2.07. The molecule has 1 aromatic heterocycles. The Hall–Kier alpha value is -4.17. The predicted molar refractivity (Wildman–Crippen MR) is 117 cm³/mol. The van der Waals surface area contributed by atoms with Crippen LogP contribution in [0.2, 0.25) is 5.02 Å². The van der Waals surface area contributed by atoms with Gasteiger partial charge in [-0.2, -0.15) is 0 Å². The lowest BCUT2D eigenvalue weighted by atomic mass is 10.1. The Labute approximate surface area is 180 Å². The number of para-hydroxylation sites is 1. The van der Waals surface area contributed by atoms with Gasteiger partial charge in [0.05, 0.1) is 4.92 Å². The Kier molecular flexibility index (Phi) is 5.38. The molecule has 2 amide bonds. The van der Waals surface area contributed by atoms with Crippen LogP contribution in [0.25, 0.3) is 11.0 Å². The number of carbonyl (C=O) groups excluding carboxylic acids is 2. The van der Waals surface area contributed by atoms with Gasteiger partial charge in [0.2, 0.25) is 5.76 Å². The molecule has 0 radical (unpaired) electrons. The summed E-state index contributed by atoms with van der Waals surface area (Å²) in [7, 11) is 0. The molecule has 31 heavy (non-hydrogen) atoms. The van der Waals surface area contributed by atoms with Crippen LogP contribution in [0.3, 0.4) is 0 Å². The normalized spacial score (nSPS) is 10.6. The number of nitro benzene ring substituents is 1. The summed E-state index contributed by atoms with van der Waals surface area (Å²) >= 11 is 5.87. The van der Waals surface area contributed by atoms with Crippen molar-refractivity contribution in [2.24, 2.45) is 0 Å². The average molecular weight is 436 g/mol. The zero-order chi connectivity index (χ0) is 22.0. The molecular weight excluding hydrogens is 422 g/mol. The summed E-state index contributed by atoms with van der Waals surface area (Å²) in [6, 6.07) is 18.6. The standard InChI is InChI=1S/C22H14ClN3O5/c23-14-7-9-15(10-8-14)24-22(28)20-19(17-3-1-2-4-18(17)31-20)25-21(27)13-5-11-16(12-6-13)26(29)30/h1-12H,(H,24,28)(H,25,27). The first-order valence-electron chi connectivity index (χ1n) is 9.06. The van der Waals surface area contributed by atoms with Crippen molar-refractivity contribution in [1.29, 1.82) is 0 Å². The molecule has 4 rings (SSSR count). The summed E-state index contributed by atoms with van der Waals surface area (Å²) in [4.78, 5) is 35.9. The third kappa shape index (κ3) is 4.24. The number of furan rings is 1. The van der Waals surface area contributed by atoms with Crippen LogP contribution in [-0.4, -0.2) is 16.7 Å². The summed E-state index contributed by atoms with van der Waals surface area (Å²) in [5.74, 6) is -1.18. The van der Waals surface area contributed by atoms with Gasteiger partial charge in [-0.3, -0.25) is 19.7 Å². The zero-order valence-corrected chi connectivity index (χ0v) is 16.6. The molecule has 0 fully saturated rings. The highest BCUT2D eigenvalue weighted by Gasteiger charge is 2.23. The van der Waals surface area contributed by atoms with Gasteiger partial charge in [0.15, 0.2) is 0 Å². The number of nitro groups is 1. The van der Waals surface area contributed by atoms with Gasteiger partial charge in [0.25, 0.3) is 17.5 Å². The Balaban J connectivity index is 1.66. The second-order valence-electron chi connectivity index (χ2n) is 6.52. The van der Waals surface area contributed by atoms with Crippen LogP contribution in [0, 0.1) is 10.1 Å². The molecule has 0 unspecified atom stereocenters. The molecule has 0 aliphatic rings. The molecule has 0 saturated carbocycles. The van der Waals surface area contributed by atoms with E-state index in [-0.39, 0.29) is 22.7 Å². The number of carbonyl (C=O) groups is 2. The minimum Gasteiger partial charge on any atom is -0.449 e. The van der Waals surface area contributed by atoms with Gasteiger partial charge in [-0.25, -0.2) is 0 Å².